The summed E-state index contributed by atoms with van der Waals surface area (Å²) >= 11 is 0. The van der Waals surface area contributed by atoms with Gasteiger partial charge in [-0.05, 0) is 0 Å². The first-order valence-corrected chi connectivity index (χ1v) is 4.66. The molecular weight excluding hydrogens is 282 g/mol. The molecule has 0 aromatic carbocycles. The highest BCUT2D eigenvalue weighted by atomic mass is 19.4. The van der Waals surface area contributed by atoms with Crippen LogP contribution in [0.15, 0.2) is 6.20 Å². The number of hydrogen-bond acceptors (Lipinski definition) is 3. The SMILES string of the molecule is Cn1ncc(N)c1NC(=O)C(C(F)(F)F)C(F)(F)F. The van der Waals surface area contributed by atoms with Crippen LogP contribution in [0.25, 0.3) is 0 Å². The molecule has 1 rings (SSSR count). The Balaban J connectivity index is 3.04. The summed E-state index contributed by atoms with van der Waals surface area (Å²) in [6, 6.07) is 0. The van der Waals surface area contributed by atoms with Gasteiger partial charge >= 0.3 is 12.4 Å². The number of rotatable bonds is 2. The standard InChI is InChI=1S/C8H8F6N4O/c1-18-5(3(15)2-16-18)17-6(19)4(7(9,10)11)8(12,13)14/h2,4H,15H2,1H3,(H,17,19). The summed E-state index contributed by atoms with van der Waals surface area (Å²) in [6.07, 6.45) is -10.5. The largest absolute Gasteiger partial charge is 0.409 e. The molecule has 1 heterocycles. The van der Waals surface area contributed by atoms with Gasteiger partial charge in [-0.2, -0.15) is 31.4 Å². The number of carbonyl (C=O) groups excluding carboxylic acids is 1. The number of nitrogens with zero attached hydrogens (tertiary/aromatic N) is 2. The molecule has 5 nitrogen and oxygen atoms in total. The van der Waals surface area contributed by atoms with Crippen molar-refractivity contribution in [3.63, 3.8) is 0 Å². The van der Waals surface area contributed by atoms with Crippen LogP contribution in [0.5, 0.6) is 0 Å². The van der Waals surface area contributed by atoms with Crippen LogP contribution in [-0.2, 0) is 11.8 Å². The number of amides is 1. The fourth-order valence-corrected chi connectivity index (χ4v) is 1.28. The molecule has 1 aromatic rings. The maximum absolute atomic E-state index is 12.3. The topological polar surface area (TPSA) is 72.9 Å². The van der Waals surface area contributed by atoms with E-state index in [9.17, 15) is 31.1 Å². The Morgan fingerprint density at radius 2 is 1.79 bits per heavy atom. The highest BCUT2D eigenvalue weighted by Crippen LogP contribution is 2.40. The van der Waals surface area contributed by atoms with E-state index in [1.165, 1.54) is 12.4 Å². The third kappa shape index (κ3) is 3.29. The molecule has 1 amide bonds. The molecule has 0 saturated heterocycles. The number of nitrogens with one attached hydrogen (secondary N) is 1. The van der Waals surface area contributed by atoms with E-state index in [0.29, 0.717) is 0 Å². The van der Waals surface area contributed by atoms with E-state index in [-0.39, 0.29) is 5.69 Å². The molecule has 0 radical (unpaired) electrons. The van der Waals surface area contributed by atoms with Crippen LogP contribution >= 0.6 is 0 Å². The molecule has 1 aromatic heterocycles. The first-order chi connectivity index (χ1) is 8.44. The molecule has 0 atom stereocenters. The van der Waals surface area contributed by atoms with Crippen molar-refractivity contribution < 1.29 is 31.1 Å². The fourth-order valence-electron chi connectivity index (χ4n) is 1.28. The number of halogens is 6. The highest BCUT2D eigenvalue weighted by molar-refractivity contribution is 5.95. The van der Waals surface area contributed by atoms with Crippen LogP contribution in [-0.4, -0.2) is 28.0 Å². The van der Waals surface area contributed by atoms with E-state index in [1.807, 2.05) is 0 Å². The van der Waals surface area contributed by atoms with E-state index < -0.39 is 30.0 Å². The predicted octanol–water partition coefficient (Wildman–Crippen LogP) is 1.68. The van der Waals surface area contributed by atoms with Gasteiger partial charge in [-0.1, -0.05) is 0 Å². The Labute approximate surface area is 102 Å². The lowest BCUT2D eigenvalue weighted by Gasteiger charge is -2.22. The lowest BCUT2D eigenvalue weighted by molar-refractivity contribution is -0.272. The smallest absolute Gasteiger partial charge is 0.394 e. The number of carbonyl (C=O) groups is 1. The lowest BCUT2D eigenvalue weighted by Crippen LogP contribution is -2.45. The zero-order valence-corrected chi connectivity index (χ0v) is 9.30. The van der Waals surface area contributed by atoms with Crippen LogP contribution in [0.1, 0.15) is 0 Å². The minimum Gasteiger partial charge on any atom is -0.394 e. The molecule has 0 bridgehead atoms. The molecule has 0 aliphatic carbocycles. The number of nitrogen functional groups attached to an aromatic ring is 1. The molecule has 11 heteroatoms. The van der Waals surface area contributed by atoms with Crippen molar-refractivity contribution in [3.05, 3.63) is 6.20 Å². The van der Waals surface area contributed by atoms with Crippen molar-refractivity contribution >= 4 is 17.4 Å². The van der Waals surface area contributed by atoms with Crippen LogP contribution in [0.4, 0.5) is 37.8 Å². The molecule has 108 valence electrons. The Morgan fingerprint density at radius 3 is 2.11 bits per heavy atom. The van der Waals surface area contributed by atoms with Gasteiger partial charge in [0.05, 0.1) is 11.9 Å². The minimum atomic E-state index is -5.75. The second kappa shape index (κ2) is 4.63. The Morgan fingerprint density at radius 1 is 1.32 bits per heavy atom. The summed E-state index contributed by atoms with van der Waals surface area (Å²) in [7, 11) is 1.20. The normalized spacial score (nSPS) is 12.8. The summed E-state index contributed by atoms with van der Waals surface area (Å²) in [5, 5.41) is 4.94. The van der Waals surface area contributed by atoms with Gasteiger partial charge < -0.3 is 11.1 Å². The van der Waals surface area contributed by atoms with Crippen molar-refractivity contribution in [3.8, 4) is 0 Å². The molecule has 19 heavy (non-hydrogen) atoms. The molecule has 0 fully saturated rings. The molecule has 0 saturated carbocycles. The maximum Gasteiger partial charge on any atom is 0.409 e. The van der Waals surface area contributed by atoms with Crippen molar-refractivity contribution in [2.24, 2.45) is 13.0 Å². The van der Waals surface area contributed by atoms with E-state index in [4.69, 9.17) is 5.73 Å². The minimum absolute atomic E-state index is 0.251. The summed E-state index contributed by atoms with van der Waals surface area (Å²) < 4.78 is 74.4. The van der Waals surface area contributed by atoms with E-state index in [1.54, 1.807) is 0 Å². The molecule has 0 aliphatic rings. The fraction of sp³-hybridized carbons (Fsp3) is 0.500. The van der Waals surface area contributed by atoms with Crippen molar-refractivity contribution in [1.29, 1.82) is 0 Å². The zero-order valence-electron chi connectivity index (χ0n) is 9.30. The van der Waals surface area contributed by atoms with Gasteiger partial charge in [-0.3, -0.25) is 9.48 Å². The van der Waals surface area contributed by atoms with Gasteiger partial charge in [0.15, 0.2) is 5.82 Å². The quantitative estimate of drug-likeness (QED) is 0.814. The van der Waals surface area contributed by atoms with Gasteiger partial charge in [-0.15, -0.1) is 0 Å². The monoisotopic (exact) mass is 290 g/mol. The number of nitrogens with two attached hydrogens (primary N) is 1. The first-order valence-electron chi connectivity index (χ1n) is 4.66. The zero-order chi connectivity index (χ0) is 15.0. The molecule has 0 spiro atoms. The average molecular weight is 290 g/mol. The second-order valence-corrected chi connectivity index (χ2v) is 3.58. The van der Waals surface area contributed by atoms with Crippen LogP contribution in [0.3, 0.4) is 0 Å². The van der Waals surface area contributed by atoms with E-state index in [2.05, 4.69) is 5.10 Å². The number of alkyl halides is 6. The van der Waals surface area contributed by atoms with E-state index in [0.717, 1.165) is 10.9 Å². The van der Waals surface area contributed by atoms with E-state index >= 15 is 0 Å². The number of aromatic nitrogens is 2. The number of aryl methyl sites for hydroxylation is 1. The van der Waals surface area contributed by atoms with Gasteiger partial charge in [-0.25, -0.2) is 0 Å². The third-order valence-corrected chi connectivity index (χ3v) is 2.13. The molecular formula is C8H8F6N4O. The van der Waals surface area contributed by atoms with Gasteiger partial charge in [0.25, 0.3) is 0 Å². The van der Waals surface area contributed by atoms with Gasteiger partial charge in [0.2, 0.25) is 11.8 Å². The predicted molar refractivity (Wildman–Crippen MR) is 51.9 cm³/mol. The summed E-state index contributed by atoms with van der Waals surface area (Å²) in [4.78, 5) is 11.2. The van der Waals surface area contributed by atoms with Crippen LogP contribution < -0.4 is 11.1 Å². The summed E-state index contributed by atoms with van der Waals surface area (Å²) in [5.74, 6) is -6.84. The number of anilines is 2. The van der Waals surface area contributed by atoms with Gasteiger partial charge in [0, 0.05) is 7.05 Å². The van der Waals surface area contributed by atoms with Crippen molar-refractivity contribution in [2.75, 3.05) is 11.1 Å². The Bertz CT molecular complexity index is 443. The van der Waals surface area contributed by atoms with Crippen molar-refractivity contribution in [2.45, 2.75) is 12.4 Å². The Hall–Kier alpha value is -1.94. The molecule has 3 N–H and O–H groups in total. The van der Waals surface area contributed by atoms with Gasteiger partial charge in [0.1, 0.15) is 0 Å². The maximum atomic E-state index is 12.3. The second-order valence-electron chi connectivity index (χ2n) is 3.58. The summed E-state index contributed by atoms with van der Waals surface area (Å²) in [5.41, 5.74) is 5.00. The highest BCUT2D eigenvalue weighted by Gasteiger charge is 2.61. The first kappa shape index (κ1) is 15.1. The van der Waals surface area contributed by atoms with Crippen molar-refractivity contribution in [1.82, 2.24) is 9.78 Å². The van der Waals surface area contributed by atoms with Crippen LogP contribution in [0, 0.1) is 5.92 Å². The van der Waals surface area contributed by atoms with Crippen LogP contribution in [0.2, 0.25) is 0 Å². The average Bonchev–Trinajstić information content (AvgIpc) is 2.44. The third-order valence-electron chi connectivity index (χ3n) is 2.13. The Kier molecular flexibility index (Phi) is 3.68. The lowest BCUT2D eigenvalue weighted by atomic mass is 10.1. The summed E-state index contributed by atoms with van der Waals surface area (Å²) in [6.45, 7) is 0. The molecule has 0 unspecified atom stereocenters. The molecule has 0 aliphatic heterocycles. The number of hydrogen-bond donors (Lipinski definition) is 2.